The molecule has 0 aliphatic carbocycles. The zero-order chi connectivity index (χ0) is 12.3. The zero-order valence-electron chi connectivity index (χ0n) is 10.6. The number of rotatable bonds is 3. The van der Waals surface area contributed by atoms with E-state index < -0.39 is 0 Å². The van der Waals surface area contributed by atoms with Crippen molar-refractivity contribution in [3.05, 3.63) is 53.9 Å². The van der Waals surface area contributed by atoms with Crippen LogP contribution in [-0.4, -0.2) is 12.0 Å². The molecule has 0 aliphatic rings. The highest BCUT2D eigenvalue weighted by Crippen LogP contribution is 2.27. The van der Waals surface area contributed by atoms with E-state index >= 15 is 0 Å². The van der Waals surface area contributed by atoms with Crippen LogP contribution in [0.3, 0.4) is 0 Å². The van der Waals surface area contributed by atoms with Gasteiger partial charge in [0, 0.05) is 17.9 Å². The molecule has 17 heavy (non-hydrogen) atoms. The molecule has 0 radical (unpaired) electrons. The molecular formula is C15H18N2. The summed E-state index contributed by atoms with van der Waals surface area (Å²) in [5, 5.41) is 3.29. The third-order valence-electron chi connectivity index (χ3n) is 3.07. The van der Waals surface area contributed by atoms with Gasteiger partial charge in [-0.3, -0.25) is 4.98 Å². The van der Waals surface area contributed by atoms with Gasteiger partial charge in [-0.2, -0.15) is 0 Å². The molecule has 0 bridgehead atoms. The summed E-state index contributed by atoms with van der Waals surface area (Å²) < 4.78 is 0. The van der Waals surface area contributed by atoms with Crippen molar-refractivity contribution in [2.24, 2.45) is 0 Å². The van der Waals surface area contributed by atoms with Crippen molar-refractivity contribution in [3.63, 3.8) is 0 Å². The minimum atomic E-state index is 0.347. The summed E-state index contributed by atoms with van der Waals surface area (Å²) >= 11 is 0. The average Bonchev–Trinajstić information content (AvgIpc) is 2.38. The first-order chi connectivity index (χ1) is 8.22. The molecule has 2 heteroatoms. The minimum absolute atomic E-state index is 0.347. The Bertz CT molecular complexity index is 506. The molecule has 0 saturated heterocycles. The molecule has 0 spiro atoms. The van der Waals surface area contributed by atoms with Crippen LogP contribution in [0.1, 0.15) is 24.2 Å². The number of nitrogens with one attached hydrogen (secondary N) is 1. The van der Waals surface area contributed by atoms with E-state index in [9.17, 15) is 0 Å². The van der Waals surface area contributed by atoms with Gasteiger partial charge in [-0.1, -0.05) is 24.3 Å². The number of pyridine rings is 1. The molecule has 1 heterocycles. The number of aryl methyl sites for hydroxylation is 1. The molecule has 0 amide bonds. The van der Waals surface area contributed by atoms with Gasteiger partial charge in [0.1, 0.15) is 0 Å². The third-order valence-corrected chi connectivity index (χ3v) is 3.07. The molecule has 2 nitrogen and oxygen atoms in total. The summed E-state index contributed by atoms with van der Waals surface area (Å²) in [6, 6.07) is 13.0. The van der Waals surface area contributed by atoms with Crippen molar-refractivity contribution in [1.29, 1.82) is 0 Å². The van der Waals surface area contributed by atoms with Crippen molar-refractivity contribution < 1.29 is 0 Å². The van der Waals surface area contributed by atoms with Crippen LogP contribution in [-0.2, 0) is 0 Å². The number of nitrogens with zero attached hydrogens (tertiary/aromatic N) is 1. The lowest BCUT2D eigenvalue weighted by atomic mass is 9.96. The van der Waals surface area contributed by atoms with Gasteiger partial charge in [0.2, 0.25) is 0 Å². The summed E-state index contributed by atoms with van der Waals surface area (Å²) in [5.41, 5.74) is 4.88. The maximum absolute atomic E-state index is 4.24. The summed E-state index contributed by atoms with van der Waals surface area (Å²) in [7, 11) is 1.99. The van der Waals surface area contributed by atoms with Gasteiger partial charge < -0.3 is 5.32 Å². The van der Waals surface area contributed by atoms with E-state index in [0.717, 1.165) is 5.69 Å². The van der Waals surface area contributed by atoms with Gasteiger partial charge in [-0.15, -0.1) is 0 Å². The minimum Gasteiger partial charge on any atom is -0.313 e. The lowest BCUT2D eigenvalue weighted by Gasteiger charge is -2.16. The normalized spacial score (nSPS) is 12.4. The largest absolute Gasteiger partial charge is 0.313 e. The maximum atomic E-state index is 4.24. The van der Waals surface area contributed by atoms with E-state index in [-0.39, 0.29) is 0 Å². The van der Waals surface area contributed by atoms with Crippen LogP contribution < -0.4 is 5.32 Å². The Labute approximate surface area is 103 Å². The van der Waals surface area contributed by atoms with Crippen molar-refractivity contribution in [2.45, 2.75) is 19.9 Å². The topological polar surface area (TPSA) is 24.9 Å². The van der Waals surface area contributed by atoms with Gasteiger partial charge in [0.05, 0.1) is 0 Å². The van der Waals surface area contributed by atoms with Crippen molar-refractivity contribution in [1.82, 2.24) is 10.3 Å². The van der Waals surface area contributed by atoms with Crippen LogP contribution in [0, 0.1) is 6.92 Å². The second-order valence-corrected chi connectivity index (χ2v) is 4.28. The number of hydrogen-bond acceptors (Lipinski definition) is 2. The molecule has 1 aromatic carbocycles. The van der Waals surface area contributed by atoms with E-state index in [2.05, 4.69) is 53.6 Å². The van der Waals surface area contributed by atoms with E-state index in [1.165, 1.54) is 16.7 Å². The van der Waals surface area contributed by atoms with Gasteiger partial charge >= 0.3 is 0 Å². The standard InChI is InChI=1S/C15H18N2/c1-11-10-13(8-9-17-11)15-7-5-4-6-14(15)12(2)16-3/h4-10,12,16H,1-3H3. The molecule has 1 atom stereocenters. The van der Waals surface area contributed by atoms with Crippen LogP contribution in [0.2, 0.25) is 0 Å². The Morgan fingerprint density at radius 2 is 1.94 bits per heavy atom. The van der Waals surface area contributed by atoms with Gasteiger partial charge in [0.25, 0.3) is 0 Å². The highest BCUT2D eigenvalue weighted by atomic mass is 14.9. The Kier molecular flexibility index (Phi) is 3.55. The van der Waals surface area contributed by atoms with Crippen LogP contribution in [0.4, 0.5) is 0 Å². The van der Waals surface area contributed by atoms with Crippen molar-refractivity contribution in [3.8, 4) is 11.1 Å². The molecule has 0 saturated carbocycles. The number of hydrogen-bond donors (Lipinski definition) is 1. The molecule has 1 N–H and O–H groups in total. The summed E-state index contributed by atoms with van der Waals surface area (Å²) in [6.07, 6.45) is 1.87. The van der Waals surface area contributed by atoms with E-state index in [4.69, 9.17) is 0 Å². The first-order valence-electron chi connectivity index (χ1n) is 5.91. The van der Waals surface area contributed by atoms with Crippen LogP contribution in [0.15, 0.2) is 42.6 Å². The zero-order valence-corrected chi connectivity index (χ0v) is 10.6. The predicted molar refractivity (Wildman–Crippen MR) is 71.9 cm³/mol. The van der Waals surface area contributed by atoms with Crippen LogP contribution in [0.25, 0.3) is 11.1 Å². The van der Waals surface area contributed by atoms with Crippen molar-refractivity contribution >= 4 is 0 Å². The SMILES string of the molecule is CNC(C)c1ccccc1-c1ccnc(C)c1. The smallest absolute Gasteiger partial charge is 0.0378 e. The molecule has 2 aromatic rings. The second-order valence-electron chi connectivity index (χ2n) is 4.28. The Morgan fingerprint density at radius 1 is 1.18 bits per heavy atom. The quantitative estimate of drug-likeness (QED) is 0.868. The third kappa shape index (κ3) is 2.53. The molecule has 2 rings (SSSR count). The van der Waals surface area contributed by atoms with E-state index in [1.54, 1.807) is 0 Å². The van der Waals surface area contributed by atoms with Crippen LogP contribution >= 0.6 is 0 Å². The number of benzene rings is 1. The highest BCUT2D eigenvalue weighted by molar-refractivity contribution is 5.67. The summed E-state index contributed by atoms with van der Waals surface area (Å²) in [5.74, 6) is 0. The van der Waals surface area contributed by atoms with E-state index in [0.29, 0.717) is 6.04 Å². The van der Waals surface area contributed by atoms with Gasteiger partial charge in [-0.25, -0.2) is 0 Å². The van der Waals surface area contributed by atoms with Gasteiger partial charge in [0.15, 0.2) is 0 Å². The fraction of sp³-hybridized carbons (Fsp3) is 0.267. The summed E-state index contributed by atoms with van der Waals surface area (Å²) in [6.45, 7) is 4.19. The Morgan fingerprint density at radius 3 is 2.65 bits per heavy atom. The lowest BCUT2D eigenvalue weighted by molar-refractivity contribution is 0.654. The predicted octanol–water partition coefficient (Wildman–Crippen LogP) is 3.34. The molecular weight excluding hydrogens is 208 g/mol. The highest BCUT2D eigenvalue weighted by Gasteiger charge is 2.09. The molecule has 1 aromatic heterocycles. The lowest BCUT2D eigenvalue weighted by Crippen LogP contribution is -2.13. The number of aromatic nitrogens is 1. The maximum Gasteiger partial charge on any atom is 0.0378 e. The molecule has 0 aliphatic heterocycles. The van der Waals surface area contributed by atoms with Crippen LogP contribution in [0.5, 0.6) is 0 Å². The molecule has 1 unspecified atom stereocenters. The first kappa shape index (κ1) is 11.8. The fourth-order valence-corrected chi connectivity index (χ4v) is 2.01. The monoisotopic (exact) mass is 226 g/mol. The Hall–Kier alpha value is -1.67. The molecule has 0 fully saturated rings. The first-order valence-corrected chi connectivity index (χ1v) is 5.91. The Balaban J connectivity index is 2.52. The second kappa shape index (κ2) is 5.11. The average molecular weight is 226 g/mol. The fourth-order valence-electron chi connectivity index (χ4n) is 2.01. The molecule has 88 valence electrons. The van der Waals surface area contributed by atoms with Crippen molar-refractivity contribution in [2.75, 3.05) is 7.05 Å². The van der Waals surface area contributed by atoms with E-state index in [1.807, 2.05) is 20.2 Å². The van der Waals surface area contributed by atoms with Gasteiger partial charge in [-0.05, 0) is 49.7 Å². The summed E-state index contributed by atoms with van der Waals surface area (Å²) in [4.78, 5) is 4.24.